The molecule has 0 saturated carbocycles. The fourth-order valence-corrected chi connectivity index (χ4v) is 7.90. The van der Waals surface area contributed by atoms with Crippen LogP contribution in [0.5, 0.6) is 0 Å². The van der Waals surface area contributed by atoms with Gasteiger partial charge in [0.15, 0.2) is 5.90 Å². The summed E-state index contributed by atoms with van der Waals surface area (Å²) in [5.74, 6) is 1.03. The smallest absolute Gasteiger partial charge is 0.308 e. The predicted molar refractivity (Wildman–Crippen MR) is 239 cm³/mol. The molecule has 0 saturated heterocycles. The predicted octanol–water partition coefficient (Wildman–Crippen LogP) is 14.8. The van der Waals surface area contributed by atoms with Gasteiger partial charge in [-0.15, -0.1) is 0 Å². The van der Waals surface area contributed by atoms with Crippen LogP contribution >= 0.6 is 0 Å². The number of nitrogens with zero attached hydrogens (tertiary/aromatic N) is 1. The second-order valence-corrected chi connectivity index (χ2v) is 17.0. The monoisotopic (exact) mass is 779 g/mol. The maximum Gasteiger partial charge on any atom is 0.308 e. The molecule has 55 heavy (non-hydrogen) atoms. The summed E-state index contributed by atoms with van der Waals surface area (Å²) < 4.78 is 11.9. The Bertz CT molecular complexity index is 735. The van der Waals surface area contributed by atoms with E-state index in [1.54, 1.807) is 0 Å². The maximum atomic E-state index is 13.0. The molecule has 0 aromatic heterocycles. The van der Waals surface area contributed by atoms with Crippen LogP contribution in [0.15, 0.2) is 0 Å². The van der Waals surface area contributed by atoms with Gasteiger partial charge in [0.25, 0.3) is 0 Å². The molecule has 0 bridgehead atoms. The number of carbonyl (C=O) groups excluding carboxylic acids is 1. The number of rotatable bonds is 45. The maximum absolute atomic E-state index is 13.0. The van der Waals surface area contributed by atoms with Crippen molar-refractivity contribution in [1.29, 1.82) is 5.41 Å². The van der Waals surface area contributed by atoms with Gasteiger partial charge in [0, 0.05) is 12.5 Å². The van der Waals surface area contributed by atoms with Gasteiger partial charge < -0.3 is 19.5 Å². The lowest BCUT2D eigenvalue weighted by molar-refractivity contribution is -0.149. The highest BCUT2D eigenvalue weighted by atomic mass is 16.5. The molecule has 6 nitrogen and oxygen atoms in total. The first kappa shape index (κ1) is 53.9. The molecule has 0 heterocycles. The molecule has 328 valence electrons. The van der Waals surface area contributed by atoms with E-state index in [4.69, 9.17) is 14.9 Å². The van der Waals surface area contributed by atoms with Crippen LogP contribution < -0.4 is 0 Å². The molecule has 0 aliphatic heterocycles. The Morgan fingerprint density at radius 2 is 0.764 bits per heavy atom. The van der Waals surface area contributed by atoms with Crippen LogP contribution in [0.1, 0.15) is 252 Å². The SMILES string of the molecule is CCCCCCCCC(CCCCCC)C(=N)OCCCCCCN(CCCCCO)CCCCCCOC(=O)C(CCCCCC)CCCCCCCC. The molecule has 0 aliphatic carbocycles. The van der Waals surface area contributed by atoms with Crippen LogP contribution in [0.3, 0.4) is 0 Å². The van der Waals surface area contributed by atoms with Crippen molar-refractivity contribution in [2.75, 3.05) is 39.5 Å². The summed E-state index contributed by atoms with van der Waals surface area (Å²) in [7, 11) is 0. The quantitative estimate of drug-likeness (QED) is 0.0278. The Morgan fingerprint density at radius 3 is 1.20 bits per heavy atom. The lowest BCUT2D eigenvalue weighted by Crippen LogP contribution is -2.27. The van der Waals surface area contributed by atoms with Crippen molar-refractivity contribution in [1.82, 2.24) is 4.90 Å². The van der Waals surface area contributed by atoms with E-state index in [1.165, 1.54) is 148 Å². The highest BCUT2D eigenvalue weighted by Crippen LogP contribution is 2.22. The molecule has 6 heteroatoms. The first-order valence-electron chi connectivity index (χ1n) is 24.7. The Balaban J connectivity index is 4.42. The molecule has 0 aliphatic rings. The number of hydrogen-bond donors (Lipinski definition) is 2. The summed E-state index contributed by atoms with van der Waals surface area (Å²) >= 11 is 0. The summed E-state index contributed by atoms with van der Waals surface area (Å²) in [5.41, 5.74) is 0. The molecule has 0 fully saturated rings. The molecule has 2 N–H and O–H groups in total. The molecule has 0 amide bonds. The molecule has 0 rings (SSSR count). The van der Waals surface area contributed by atoms with E-state index in [0.717, 1.165) is 96.7 Å². The third-order valence-corrected chi connectivity index (χ3v) is 11.7. The number of aliphatic hydroxyl groups is 1. The number of unbranched alkanes of at least 4 members (excludes halogenated alkanes) is 24. The topological polar surface area (TPSA) is 82.8 Å². The largest absolute Gasteiger partial charge is 0.481 e. The standard InChI is InChI=1S/C49H98N2O4/c1-5-9-13-17-19-28-37-46(36-26-15-11-7-3)48(50)54-44-34-23-21-30-40-51(42-32-25-33-43-52)41-31-22-24-35-45-55-49(53)47(38-27-16-12-8-4)39-29-20-18-14-10-6-2/h46-47,50,52H,5-45H2,1-4H3. The van der Waals surface area contributed by atoms with E-state index < -0.39 is 0 Å². The van der Waals surface area contributed by atoms with E-state index in [9.17, 15) is 9.90 Å². The van der Waals surface area contributed by atoms with E-state index in [0.29, 0.717) is 31.6 Å². The van der Waals surface area contributed by atoms with Crippen molar-refractivity contribution in [3.63, 3.8) is 0 Å². The van der Waals surface area contributed by atoms with E-state index in [-0.39, 0.29) is 11.9 Å². The summed E-state index contributed by atoms with van der Waals surface area (Å²) in [4.78, 5) is 15.6. The minimum Gasteiger partial charge on any atom is -0.481 e. The molecule has 2 atom stereocenters. The van der Waals surface area contributed by atoms with Crippen molar-refractivity contribution in [3.05, 3.63) is 0 Å². The molecular weight excluding hydrogens is 681 g/mol. The van der Waals surface area contributed by atoms with Gasteiger partial charge in [-0.1, -0.05) is 182 Å². The fraction of sp³-hybridized carbons (Fsp3) is 0.959. The van der Waals surface area contributed by atoms with Gasteiger partial charge in [0.2, 0.25) is 0 Å². The zero-order chi connectivity index (χ0) is 40.3. The van der Waals surface area contributed by atoms with E-state index in [2.05, 4.69) is 32.6 Å². The summed E-state index contributed by atoms with van der Waals surface area (Å²) in [6.07, 6.45) is 42.0. The fourth-order valence-electron chi connectivity index (χ4n) is 7.90. The zero-order valence-corrected chi connectivity index (χ0v) is 37.8. The molecule has 0 aromatic carbocycles. The lowest BCUT2D eigenvalue weighted by atomic mass is 9.94. The number of nitrogens with one attached hydrogen (secondary N) is 1. The molecule has 2 unspecified atom stereocenters. The van der Waals surface area contributed by atoms with Gasteiger partial charge >= 0.3 is 5.97 Å². The summed E-state index contributed by atoms with van der Waals surface area (Å²) in [6.45, 7) is 14.0. The van der Waals surface area contributed by atoms with Gasteiger partial charge in [0.05, 0.1) is 19.1 Å². The van der Waals surface area contributed by atoms with Crippen LogP contribution in [-0.2, 0) is 14.3 Å². The third-order valence-electron chi connectivity index (χ3n) is 11.7. The van der Waals surface area contributed by atoms with Crippen LogP contribution in [0.2, 0.25) is 0 Å². The van der Waals surface area contributed by atoms with Crippen LogP contribution in [0, 0.1) is 17.2 Å². The first-order valence-corrected chi connectivity index (χ1v) is 24.7. The first-order chi connectivity index (χ1) is 27.0. The second kappa shape index (κ2) is 44.0. The summed E-state index contributed by atoms with van der Waals surface area (Å²) in [5, 5.41) is 17.9. The number of esters is 1. The van der Waals surface area contributed by atoms with E-state index >= 15 is 0 Å². The Morgan fingerprint density at radius 1 is 0.436 bits per heavy atom. The van der Waals surface area contributed by atoms with Crippen molar-refractivity contribution < 1.29 is 19.4 Å². The number of aliphatic hydroxyl groups excluding tert-OH is 1. The average molecular weight is 779 g/mol. The van der Waals surface area contributed by atoms with Crippen molar-refractivity contribution in [3.8, 4) is 0 Å². The van der Waals surface area contributed by atoms with Crippen LogP contribution in [0.4, 0.5) is 0 Å². The van der Waals surface area contributed by atoms with Crippen molar-refractivity contribution in [2.45, 2.75) is 252 Å². The normalized spacial score (nSPS) is 12.7. The second-order valence-electron chi connectivity index (χ2n) is 17.0. The molecule has 0 radical (unpaired) electrons. The van der Waals surface area contributed by atoms with Crippen LogP contribution in [-0.4, -0.2) is 61.3 Å². The zero-order valence-electron chi connectivity index (χ0n) is 37.8. The minimum atomic E-state index is 0.0643. The molecule has 0 aromatic rings. The molecule has 0 spiro atoms. The van der Waals surface area contributed by atoms with Crippen molar-refractivity contribution >= 4 is 11.9 Å². The third kappa shape index (κ3) is 36.9. The average Bonchev–Trinajstić information content (AvgIpc) is 3.19. The van der Waals surface area contributed by atoms with Gasteiger partial charge in [-0.05, 0) is 90.3 Å². The van der Waals surface area contributed by atoms with Gasteiger partial charge in [0.1, 0.15) is 0 Å². The van der Waals surface area contributed by atoms with Crippen LogP contribution in [0.25, 0.3) is 0 Å². The number of carbonyl (C=O) groups is 1. The van der Waals surface area contributed by atoms with Gasteiger partial charge in [-0.2, -0.15) is 0 Å². The van der Waals surface area contributed by atoms with Crippen molar-refractivity contribution in [2.24, 2.45) is 11.8 Å². The highest BCUT2D eigenvalue weighted by molar-refractivity contribution is 5.75. The summed E-state index contributed by atoms with van der Waals surface area (Å²) in [6, 6.07) is 0. The highest BCUT2D eigenvalue weighted by Gasteiger charge is 2.19. The number of ether oxygens (including phenoxy) is 2. The van der Waals surface area contributed by atoms with E-state index in [1.807, 2.05) is 0 Å². The Kier molecular flexibility index (Phi) is 43.1. The lowest BCUT2D eigenvalue weighted by Gasteiger charge is -2.22. The minimum absolute atomic E-state index is 0.0643. The number of hydrogen-bond acceptors (Lipinski definition) is 6. The Hall–Kier alpha value is -1.14. The Labute approximate surface area is 344 Å². The van der Waals surface area contributed by atoms with Gasteiger partial charge in [-0.25, -0.2) is 0 Å². The molecular formula is C49H98N2O4. The van der Waals surface area contributed by atoms with Gasteiger partial charge in [-0.3, -0.25) is 10.2 Å².